The van der Waals surface area contributed by atoms with E-state index in [0.29, 0.717) is 22.1 Å². The molecule has 1 fully saturated rings. The monoisotopic (exact) mass is 494 g/mol. The summed E-state index contributed by atoms with van der Waals surface area (Å²) in [6.45, 7) is 2.92. The molecule has 35 heavy (non-hydrogen) atoms. The van der Waals surface area contributed by atoms with Crippen molar-refractivity contribution < 1.29 is 18.4 Å². The van der Waals surface area contributed by atoms with Gasteiger partial charge in [-0.15, -0.1) is 0 Å². The van der Waals surface area contributed by atoms with Gasteiger partial charge in [0.1, 0.15) is 17.6 Å². The molecule has 0 aliphatic carbocycles. The first-order chi connectivity index (χ1) is 17.1. The van der Waals surface area contributed by atoms with Crippen molar-refractivity contribution in [3.8, 4) is 11.5 Å². The number of rotatable bonds is 7. The highest BCUT2D eigenvalue weighted by molar-refractivity contribution is 6.30. The molecule has 0 N–H and O–H groups in total. The van der Waals surface area contributed by atoms with Gasteiger partial charge in [0.05, 0.1) is 18.8 Å². The Hall–Kier alpha value is -3.25. The smallest absolute Gasteiger partial charge is 0.184 e. The van der Waals surface area contributed by atoms with Crippen LogP contribution in [0.2, 0.25) is 5.02 Å². The van der Waals surface area contributed by atoms with Crippen LogP contribution >= 0.6 is 11.6 Å². The van der Waals surface area contributed by atoms with Crippen LogP contribution in [0.1, 0.15) is 56.0 Å². The fourth-order valence-corrected chi connectivity index (χ4v) is 5.15. The summed E-state index contributed by atoms with van der Waals surface area (Å²) in [5.74, 6) is 1.02. The number of para-hydroxylation sites is 1. The second kappa shape index (κ2) is 10.2. The Labute approximate surface area is 209 Å². The molecule has 7 heteroatoms. The SMILES string of the molecule is CCC(Oc1cccc(N2CCCCC2c2noc3cc(F)ccc23)c1OC)c1cccc(Cl)c1. The average molecular weight is 495 g/mol. The Morgan fingerprint density at radius 3 is 2.80 bits per heavy atom. The third kappa shape index (κ3) is 4.67. The molecular weight excluding hydrogens is 467 g/mol. The predicted octanol–water partition coefficient (Wildman–Crippen LogP) is 7.89. The Kier molecular flexibility index (Phi) is 6.82. The molecule has 1 aliphatic rings. The van der Waals surface area contributed by atoms with Gasteiger partial charge in [-0.25, -0.2) is 4.39 Å². The van der Waals surface area contributed by atoms with Crippen molar-refractivity contribution in [2.45, 2.75) is 44.8 Å². The summed E-state index contributed by atoms with van der Waals surface area (Å²) in [4.78, 5) is 2.30. The molecule has 5 rings (SSSR count). The minimum absolute atomic E-state index is 0.0190. The van der Waals surface area contributed by atoms with Crippen LogP contribution in [-0.2, 0) is 0 Å². The molecule has 2 heterocycles. The zero-order valence-electron chi connectivity index (χ0n) is 19.8. The van der Waals surface area contributed by atoms with Crippen LogP contribution in [0.15, 0.2) is 65.2 Å². The van der Waals surface area contributed by atoms with Crippen molar-refractivity contribution in [1.29, 1.82) is 0 Å². The Morgan fingerprint density at radius 1 is 1.14 bits per heavy atom. The van der Waals surface area contributed by atoms with Crippen LogP contribution in [-0.4, -0.2) is 18.8 Å². The minimum Gasteiger partial charge on any atom is -0.491 e. The number of anilines is 1. The lowest BCUT2D eigenvalue weighted by Crippen LogP contribution is -2.34. The van der Waals surface area contributed by atoms with Crippen molar-refractivity contribution >= 4 is 28.3 Å². The van der Waals surface area contributed by atoms with Gasteiger partial charge in [0.25, 0.3) is 0 Å². The first-order valence-corrected chi connectivity index (χ1v) is 12.4. The van der Waals surface area contributed by atoms with Crippen LogP contribution in [0.25, 0.3) is 11.0 Å². The molecule has 0 amide bonds. The number of nitrogens with zero attached hydrogens (tertiary/aromatic N) is 2. The van der Waals surface area contributed by atoms with Crippen molar-refractivity contribution in [3.05, 3.63) is 82.8 Å². The maximum atomic E-state index is 13.7. The zero-order chi connectivity index (χ0) is 24.4. The molecule has 2 atom stereocenters. The fraction of sp³-hybridized carbons (Fsp3) is 0.321. The van der Waals surface area contributed by atoms with Gasteiger partial charge in [0.15, 0.2) is 17.1 Å². The maximum absolute atomic E-state index is 13.7. The number of aromatic nitrogens is 1. The standard InChI is InChI=1S/C28H28ClFN2O3/c1-3-24(18-8-6-9-19(29)16-18)34-25-12-7-11-23(28(25)33-2)32-15-5-4-10-22(32)27-21-14-13-20(30)17-26(21)35-31-27/h6-9,11-14,16-17,22,24H,3-5,10,15H2,1-2H3. The lowest BCUT2D eigenvalue weighted by Gasteiger charge is -2.37. The maximum Gasteiger partial charge on any atom is 0.184 e. The molecule has 0 bridgehead atoms. The largest absolute Gasteiger partial charge is 0.491 e. The number of ether oxygens (including phenoxy) is 2. The van der Waals surface area contributed by atoms with E-state index in [0.717, 1.165) is 54.6 Å². The first kappa shape index (κ1) is 23.5. The third-order valence-corrected chi connectivity index (χ3v) is 6.85. The van der Waals surface area contributed by atoms with Crippen LogP contribution in [0.3, 0.4) is 0 Å². The lowest BCUT2D eigenvalue weighted by molar-refractivity contribution is 0.192. The third-order valence-electron chi connectivity index (χ3n) is 6.61. The second-order valence-electron chi connectivity index (χ2n) is 8.79. The summed E-state index contributed by atoms with van der Waals surface area (Å²) in [7, 11) is 1.67. The van der Waals surface area contributed by atoms with Crippen molar-refractivity contribution in [2.75, 3.05) is 18.6 Å². The zero-order valence-corrected chi connectivity index (χ0v) is 20.6. The van der Waals surface area contributed by atoms with Gasteiger partial charge in [-0.05, 0) is 67.6 Å². The second-order valence-corrected chi connectivity index (χ2v) is 9.23. The summed E-state index contributed by atoms with van der Waals surface area (Å²) >= 11 is 6.23. The molecule has 1 aliphatic heterocycles. The first-order valence-electron chi connectivity index (χ1n) is 12.0. The van der Waals surface area contributed by atoms with E-state index in [2.05, 4.69) is 17.0 Å². The highest BCUT2D eigenvalue weighted by atomic mass is 35.5. The van der Waals surface area contributed by atoms with E-state index < -0.39 is 0 Å². The van der Waals surface area contributed by atoms with Gasteiger partial charge < -0.3 is 18.9 Å². The van der Waals surface area contributed by atoms with Crippen LogP contribution in [0.4, 0.5) is 10.1 Å². The summed E-state index contributed by atoms with van der Waals surface area (Å²) in [6.07, 6.45) is 3.65. The van der Waals surface area contributed by atoms with Gasteiger partial charge in [-0.2, -0.15) is 0 Å². The molecule has 3 aromatic carbocycles. The average Bonchev–Trinajstić information content (AvgIpc) is 3.29. The highest BCUT2D eigenvalue weighted by Crippen LogP contribution is 2.45. The molecule has 182 valence electrons. The number of hydrogen-bond acceptors (Lipinski definition) is 5. The molecule has 0 spiro atoms. The number of fused-ring (bicyclic) bond motifs is 1. The van der Waals surface area contributed by atoms with Crippen molar-refractivity contribution in [3.63, 3.8) is 0 Å². The van der Waals surface area contributed by atoms with Gasteiger partial charge in [-0.1, -0.05) is 41.9 Å². The highest BCUT2D eigenvalue weighted by Gasteiger charge is 2.31. The molecule has 1 saturated heterocycles. The summed E-state index contributed by atoms with van der Waals surface area (Å²) in [5, 5.41) is 5.87. The van der Waals surface area contributed by atoms with Crippen LogP contribution in [0.5, 0.6) is 11.5 Å². The number of piperidine rings is 1. The number of halogens is 2. The predicted molar refractivity (Wildman–Crippen MR) is 136 cm³/mol. The van der Waals surface area contributed by atoms with Gasteiger partial charge >= 0.3 is 0 Å². The number of benzene rings is 3. The minimum atomic E-state index is -0.336. The number of hydrogen-bond donors (Lipinski definition) is 0. The molecule has 2 unspecified atom stereocenters. The molecule has 4 aromatic rings. The van der Waals surface area contributed by atoms with Crippen molar-refractivity contribution in [2.24, 2.45) is 0 Å². The van der Waals surface area contributed by atoms with E-state index in [1.165, 1.54) is 12.1 Å². The molecular formula is C28H28ClFN2O3. The molecule has 5 nitrogen and oxygen atoms in total. The van der Waals surface area contributed by atoms with Gasteiger partial charge in [-0.3, -0.25) is 0 Å². The summed E-state index contributed by atoms with van der Waals surface area (Å²) in [5.41, 5.74) is 3.24. The van der Waals surface area contributed by atoms with Gasteiger partial charge in [0.2, 0.25) is 0 Å². The Morgan fingerprint density at radius 2 is 2.00 bits per heavy atom. The topological polar surface area (TPSA) is 47.7 Å². The van der Waals surface area contributed by atoms with E-state index in [1.807, 2.05) is 42.5 Å². The van der Waals surface area contributed by atoms with Crippen molar-refractivity contribution in [1.82, 2.24) is 5.16 Å². The lowest BCUT2D eigenvalue weighted by atomic mass is 9.96. The molecule has 1 aromatic heterocycles. The Bertz CT molecular complexity index is 1320. The fourth-order valence-electron chi connectivity index (χ4n) is 4.95. The van der Waals surface area contributed by atoms with E-state index in [-0.39, 0.29) is 18.0 Å². The molecule has 0 radical (unpaired) electrons. The normalized spacial score (nSPS) is 16.9. The summed E-state index contributed by atoms with van der Waals surface area (Å²) in [6, 6.07) is 18.3. The number of methoxy groups -OCH3 is 1. The van der Waals surface area contributed by atoms with E-state index >= 15 is 0 Å². The van der Waals surface area contributed by atoms with E-state index in [9.17, 15) is 4.39 Å². The quantitative estimate of drug-likeness (QED) is 0.261. The van der Waals surface area contributed by atoms with E-state index in [4.69, 9.17) is 25.6 Å². The summed E-state index contributed by atoms with van der Waals surface area (Å²) < 4.78 is 31.6. The Balaban J connectivity index is 1.51. The van der Waals surface area contributed by atoms with Crippen LogP contribution in [0, 0.1) is 5.82 Å². The van der Waals surface area contributed by atoms with Crippen LogP contribution < -0.4 is 14.4 Å². The van der Waals surface area contributed by atoms with E-state index in [1.54, 1.807) is 13.2 Å². The molecule has 0 saturated carbocycles. The van der Waals surface area contributed by atoms with Gasteiger partial charge in [0, 0.05) is 23.0 Å².